The molecule has 0 saturated heterocycles. The van der Waals surface area contributed by atoms with E-state index in [0.717, 1.165) is 0 Å². The Bertz CT molecular complexity index is 1520. The highest BCUT2D eigenvalue weighted by atomic mass is 35.5. The number of hydrogen-bond donors (Lipinski definition) is 1. The molecule has 4 rings (SSSR count). The molecule has 2 heterocycles. The molecule has 0 bridgehead atoms. The van der Waals surface area contributed by atoms with Crippen molar-refractivity contribution in [1.82, 2.24) is 14.9 Å². The number of anilines is 1. The summed E-state index contributed by atoms with van der Waals surface area (Å²) in [6, 6.07) is 12.8. The Morgan fingerprint density at radius 1 is 0.970 bits per heavy atom. The van der Waals surface area contributed by atoms with E-state index in [1.54, 1.807) is 64.1 Å². The molecule has 0 radical (unpaired) electrons. The summed E-state index contributed by atoms with van der Waals surface area (Å²) in [6.45, 7) is 6.89. The Hall–Kier alpha value is -3.43. The van der Waals surface area contributed by atoms with Crippen LogP contribution in [0, 0.1) is 27.7 Å². The summed E-state index contributed by atoms with van der Waals surface area (Å²) < 4.78 is 35.4. The first-order valence-electron chi connectivity index (χ1n) is 10.0. The zero-order valence-electron chi connectivity index (χ0n) is 18.4. The van der Waals surface area contributed by atoms with E-state index in [9.17, 15) is 13.2 Å². The van der Waals surface area contributed by atoms with Crippen LogP contribution < -0.4 is 10.3 Å². The predicted molar refractivity (Wildman–Crippen MR) is 127 cm³/mol. The molecule has 0 aliphatic rings. The second-order valence-corrected chi connectivity index (χ2v) is 9.77. The van der Waals surface area contributed by atoms with Crippen LogP contribution in [0.25, 0.3) is 16.9 Å². The van der Waals surface area contributed by atoms with Crippen LogP contribution in [-0.4, -0.2) is 23.4 Å². The lowest BCUT2D eigenvalue weighted by Crippen LogP contribution is -2.21. The van der Waals surface area contributed by atoms with Crippen LogP contribution in [0.15, 0.2) is 62.7 Å². The van der Waals surface area contributed by atoms with Crippen LogP contribution in [0.2, 0.25) is 5.02 Å². The van der Waals surface area contributed by atoms with Gasteiger partial charge in [0.2, 0.25) is 0 Å². The quantitative estimate of drug-likeness (QED) is 0.444. The maximum atomic E-state index is 13.2. The number of halogens is 1. The van der Waals surface area contributed by atoms with Crippen LogP contribution in [0.1, 0.15) is 22.6 Å². The van der Waals surface area contributed by atoms with E-state index < -0.39 is 10.0 Å². The normalized spacial score (nSPS) is 11.5. The molecular weight excluding hydrogens is 464 g/mol. The van der Waals surface area contributed by atoms with Crippen molar-refractivity contribution in [3.05, 3.63) is 86.5 Å². The van der Waals surface area contributed by atoms with Gasteiger partial charge in [0.1, 0.15) is 11.4 Å². The van der Waals surface area contributed by atoms with Crippen molar-refractivity contribution in [3.8, 4) is 16.9 Å². The number of aromatic nitrogens is 3. The molecule has 0 aliphatic heterocycles. The molecule has 4 aromatic rings. The fraction of sp³-hybridized carbons (Fsp3) is 0.174. The van der Waals surface area contributed by atoms with Crippen molar-refractivity contribution in [1.29, 1.82) is 0 Å². The molecule has 0 saturated carbocycles. The van der Waals surface area contributed by atoms with Gasteiger partial charge in [0.15, 0.2) is 5.76 Å². The van der Waals surface area contributed by atoms with Crippen molar-refractivity contribution >= 4 is 27.3 Å². The van der Waals surface area contributed by atoms with Crippen LogP contribution in [-0.2, 0) is 10.0 Å². The third-order valence-electron chi connectivity index (χ3n) is 5.21. The maximum Gasteiger partial charge on any atom is 0.271 e. The van der Waals surface area contributed by atoms with Gasteiger partial charge in [0.05, 0.1) is 16.3 Å². The molecule has 0 spiro atoms. The minimum Gasteiger partial charge on any atom is -0.359 e. The second-order valence-electron chi connectivity index (χ2n) is 7.69. The van der Waals surface area contributed by atoms with Crippen molar-refractivity contribution in [2.24, 2.45) is 0 Å². The molecule has 0 fully saturated rings. The van der Waals surface area contributed by atoms with E-state index in [0.29, 0.717) is 50.2 Å². The molecule has 0 atom stereocenters. The average molecular weight is 485 g/mol. The van der Waals surface area contributed by atoms with Crippen molar-refractivity contribution in [2.45, 2.75) is 32.6 Å². The highest BCUT2D eigenvalue weighted by Gasteiger charge is 2.20. The number of nitrogens with one attached hydrogen (secondary N) is 1. The number of rotatable bonds is 5. The zero-order valence-corrected chi connectivity index (χ0v) is 20.0. The van der Waals surface area contributed by atoms with E-state index in [1.807, 2.05) is 0 Å². The van der Waals surface area contributed by atoms with Gasteiger partial charge < -0.3 is 4.52 Å². The number of aryl methyl sites for hydroxylation is 4. The standard InChI is InChI=1S/C23H21ClN4O4S/c1-13-5-6-17(12-21(13)33(30,31)27-19-8-7-18(24)11-14(19)2)20-9-10-22(29)28(25-20)23-15(3)26-32-16(23)4/h5-12,27H,1-4H3. The first kappa shape index (κ1) is 22.8. The highest BCUT2D eigenvalue weighted by molar-refractivity contribution is 7.92. The molecule has 0 unspecified atom stereocenters. The van der Waals surface area contributed by atoms with Gasteiger partial charge in [-0.25, -0.2) is 8.42 Å². The predicted octanol–water partition coefficient (Wildman–Crippen LogP) is 4.58. The Morgan fingerprint density at radius 3 is 2.39 bits per heavy atom. The summed E-state index contributed by atoms with van der Waals surface area (Å²) in [7, 11) is -3.90. The second kappa shape index (κ2) is 8.49. The van der Waals surface area contributed by atoms with Crippen LogP contribution in [0.5, 0.6) is 0 Å². The minimum absolute atomic E-state index is 0.103. The van der Waals surface area contributed by atoms with E-state index in [1.165, 1.54) is 16.8 Å². The van der Waals surface area contributed by atoms with E-state index >= 15 is 0 Å². The topological polar surface area (TPSA) is 107 Å². The van der Waals surface area contributed by atoms with E-state index in [2.05, 4.69) is 15.0 Å². The summed E-state index contributed by atoms with van der Waals surface area (Å²) in [4.78, 5) is 12.6. The fourth-order valence-corrected chi connectivity index (χ4v) is 5.13. The molecule has 2 aromatic carbocycles. The molecule has 1 N–H and O–H groups in total. The monoisotopic (exact) mass is 484 g/mol. The fourth-order valence-electron chi connectivity index (χ4n) is 3.50. The number of benzene rings is 2. The van der Waals surface area contributed by atoms with Gasteiger partial charge in [-0.3, -0.25) is 9.52 Å². The lowest BCUT2D eigenvalue weighted by atomic mass is 10.1. The third kappa shape index (κ3) is 4.42. The van der Waals surface area contributed by atoms with Gasteiger partial charge in [0.25, 0.3) is 15.6 Å². The van der Waals surface area contributed by atoms with Gasteiger partial charge in [-0.15, -0.1) is 0 Å². The first-order valence-corrected chi connectivity index (χ1v) is 11.9. The van der Waals surface area contributed by atoms with Crippen LogP contribution in [0.4, 0.5) is 5.69 Å². The van der Waals surface area contributed by atoms with E-state index in [4.69, 9.17) is 16.1 Å². The number of sulfonamides is 1. The Morgan fingerprint density at radius 2 is 1.73 bits per heavy atom. The van der Waals surface area contributed by atoms with Gasteiger partial charge in [-0.2, -0.15) is 9.78 Å². The van der Waals surface area contributed by atoms with Gasteiger partial charge in [-0.05, 0) is 69.2 Å². The number of nitrogens with zero attached hydrogens (tertiary/aromatic N) is 3. The molecular formula is C23H21ClN4O4S. The minimum atomic E-state index is -3.90. The maximum absolute atomic E-state index is 13.2. The molecule has 2 aromatic heterocycles. The van der Waals surface area contributed by atoms with Crippen LogP contribution >= 0.6 is 11.6 Å². The molecule has 0 aliphatic carbocycles. The van der Waals surface area contributed by atoms with Gasteiger partial charge >= 0.3 is 0 Å². The Balaban J connectivity index is 1.78. The largest absolute Gasteiger partial charge is 0.359 e. The van der Waals surface area contributed by atoms with Crippen molar-refractivity contribution in [3.63, 3.8) is 0 Å². The first-order chi connectivity index (χ1) is 15.6. The third-order valence-corrected chi connectivity index (χ3v) is 6.96. The Kier molecular flexibility index (Phi) is 5.85. The molecule has 170 valence electrons. The summed E-state index contributed by atoms with van der Waals surface area (Å²) >= 11 is 5.98. The van der Waals surface area contributed by atoms with Crippen LogP contribution in [0.3, 0.4) is 0 Å². The smallest absolute Gasteiger partial charge is 0.271 e. The highest BCUT2D eigenvalue weighted by Crippen LogP contribution is 2.27. The van der Waals surface area contributed by atoms with Crippen molar-refractivity contribution < 1.29 is 12.9 Å². The molecule has 33 heavy (non-hydrogen) atoms. The van der Waals surface area contributed by atoms with E-state index in [-0.39, 0.29) is 10.5 Å². The lowest BCUT2D eigenvalue weighted by Gasteiger charge is -2.14. The summed E-state index contributed by atoms with van der Waals surface area (Å²) in [5, 5.41) is 8.84. The SMILES string of the molecule is Cc1cc(Cl)ccc1NS(=O)(=O)c1cc(-c2ccc(=O)n(-c3c(C)noc3C)n2)ccc1C. The van der Waals surface area contributed by atoms with Gasteiger partial charge in [-0.1, -0.05) is 28.9 Å². The summed E-state index contributed by atoms with van der Waals surface area (Å²) in [5.41, 5.74) is 3.30. The molecule has 8 nitrogen and oxygen atoms in total. The zero-order chi connectivity index (χ0) is 23.9. The Labute approximate surface area is 195 Å². The van der Waals surface area contributed by atoms with Gasteiger partial charge in [0, 0.05) is 16.7 Å². The lowest BCUT2D eigenvalue weighted by molar-refractivity contribution is 0.392. The molecule has 10 heteroatoms. The summed E-state index contributed by atoms with van der Waals surface area (Å²) in [5.74, 6) is 0.453. The number of hydrogen-bond acceptors (Lipinski definition) is 6. The molecule has 0 amide bonds. The van der Waals surface area contributed by atoms with Crippen molar-refractivity contribution in [2.75, 3.05) is 4.72 Å². The average Bonchev–Trinajstić information content (AvgIpc) is 3.09. The summed E-state index contributed by atoms with van der Waals surface area (Å²) in [6.07, 6.45) is 0.